The predicted molar refractivity (Wildman–Crippen MR) is 66.4 cm³/mol. The smallest absolute Gasteiger partial charge is 0.343 e. The van der Waals surface area contributed by atoms with Crippen LogP contribution in [0, 0.1) is 3.57 Å². The highest BCUT2D eigenvalue weighted by Crippen LogP contribution is 2.14. The molecule has 0 aliphatic carbocycles. The van der Waals surface area contributed by atoms with E-state index in [1.807, 2.05) is 0 Å². The molecular formula is C10H7IN2O3. The van der Waals surface area contributed by atoms with Gasteiger partial charge in [-0.3, -0.25) is 9.78 Å². The van der Waals surface area contributed by atoms with Crippen LogP contribution in [-0.2, 0) is 4.74 Å². The van der Waals surface area contributed by atoms with Crippen LogP contribution in [0.2, 0.25) is 0 Å². The van der Waals surface area contributed by atoms with Gasteiger partial charge in [-0.2, -0.15) is 0 Å². The van der Waals surface area contributed by atoms with Gasteiger partial charge in [0, 0.05) is 18.6 Å². The lowest BCUT2D eigenvalue weighted by molar-refractivity contribution is 0.0599. The van der Waals surface area contributed by atoms with Gasteiger partial charge in [-0.1, -0.05) is 0 Å². The molecule has 0 bridgehead atoms. The maximum atomic E-state index is 11.9. The highest BCUT2D eigenvalue weighted by Gasteiger charge is 2.13. The number of methoxy groups -OCH3 is 1. The molecule has 16 heavy (non-hydrogen) atoms. The van der Waals surface area contributed by atoms with Gasteiger partial charge in [-0.15, -0.1) is 0 Å². The number of rotatable bonds is 1. The molecule has 0 atom stereocenters. The largest absolute Gasteiger partial charge is 0.465 e. The molecule has 0 unspecified atom stereocenters. The van der Waals surface area contributed by atoms with E-state index < -0.39 is 5.97 Å². The summed E-state index contributed by atoms with van der Waals surface area (Å²) in [5.41, 5.74) is 0.290. The van der Waals surface area contributed by atoms with Gasteiger partial charge in [0.15, 0.2) is 0 Å². The lowest BCUT2D eigenvalue weighted by Crippen LogP contribution is -2.17. The Morgan fingerprint density at radius 2 is 2.25 bits per heavy atom. The summed E-state index contributed by atoms with van der Waals surface area (Å²) in [6, 6.07) is 0. The van der Waals surface area contributed by atoms with E-state index in [9.17, 15) is 9.59 Å². The third-order valence-corrected chi connectivity index (χ3v) is 2.97. The molecule has 0 saturated carbocycles. The maximum absolute atomic E-state index is 11.9. The van der Waals surface area contributed by atoms with Crippen molar-refractivity contribution in [3.05, 3.63) is 37.9 Å². The van der Waals surface area contributed by atoms with E-state index in [0.29, 0.717) is 10.9 Å². The standard InChI is InChI=1S/C10H7IN2O3/c1-16-10(15)6-3-13-8-5(9(6)14)2-12-4-7(8)11/h2-4H,1H3,(H,13,14). The molecule has 2 aromatic heterocycles. The molecule has 5 nitrogen and oxygen atoms in total. The zero-order valence-corrected chi connectivity index (χ0v) is 10.4. The molecule has 2 aromatic rings. The molecule has 2 heterocycles. The topological polar surface area (TPSA) is 72.1 Å². The highest BCUT2D eigenvalue weighted by molar-refractivity contribution is 14.1. The maximum Gasteiger partial charge on any atom is 0.343 e. The SMILES string of the molecule is COC(=O)c1c[nH]c2c(I)cncc2c1=O. The van der Waals surface area contributed by atoms with Crippen molar-refractivity contribution in [2.45, 2.75) is 0 Å². The van der Waals surface area contributed by atoms with Crippen molar-refractivity contribution < 1.29 is 9.53 Å². The number of aromatic nitrogens is 2. The third kappa shape index (κ3) is 1.69. The van der Waals surface area contributed by atoms with Gasteiger partial charge >= 0.3 is 5.97 Å². The molecule has 0 radical (unpaired) electrons. The Bertz CT molecular complexity index is 621. The third-order valence-electron chi connectivity index (χ3n) is 2.16. The van der Waals surface area contributed by atoms with Crippen LogP contribution in [0.15, 0.2) is 23.4 Å². The number of hydrogen-bond acceptors (Lipinski definition) is 4. The fourth-order valence-corrected chi connectivity index (χ4v) is 1.98. The zero-order chi connectivity index (χ0) is 11.7. The van der Waals surface area contributed by atoms with E-state index >= 15 is 0 Å². The Morgan fingerprint density at radius 3 is 2.94 bits per heavy atom. The highest BCUT2D eigenvalue weighted by atomic mass is 127. The van der Waals surface area contributed by atoms with E-state index in [1.54, 1.807) is 6.20 Å². The lowest BCUT2D eigenvalue weighted by Gasteiger charge is -2.02. The summed E-state index contributed by atoms with van der Waals surface area (Å²) in [6.07, 6.45) is 4.43. The molecule has 2 rings (SSSR count). The summed E-state index contributed by atoms with van der Waals surface area (Å²) in [7, 11) is 1.24. The van der Waals surface area contributed by atoms with E-state index in [-0.39, 0.29) is 11.0 Å². The Morgan fingerprint density at radius 1 is 1.50 bits per heavy atom. The van der Waals surface area contributed by atoms with Gasteiger partial charge in [0.25, 0.3) is 0 Å². The van der Waals surface area contributed by atoms with Gasteiger partial charge in [-0.05, 0) is 22.6 Å². The second-order valence-electron chi connectivity index (χ2n) is 3.07. The van der Waals surface area contributed by atoms with Crippen molar-refractivity contribution in [3.8, 4) is 0 Å². The van der Waals surface area contributed by atoms with Crippen LogP contribution in [0.1, 0.15) is 10.4 Å². The molecule has 0 aliphatic rings. The molecular weight excluding hydrogens is 323 g/mol. The van der Waals surface area contributed by atoms with Crippen LogP contribution < -0.4 is 5.43 Å². The first kappa shape index (κ1) is 11.1. The molecule has 0 amide bonds. The minimum Gasteiger partial charge on any atom is -0.465 e. The van der Waals surface area contributed by atoms with Crippen molar-refractivity contribution >= 4 is 39.5 Å². The minimum atomic E-state index is -0.651. The van der Waals surface area contributed by atoms with Gasteiger partial charge in [0.05, 0.1) is 21.6 Å². The number of nitrogens with one attached hydrogen (secondary N) is 1. The van der Waals surface area contributed by atoms with Crippen LogP contribution in [0.4, 0.5) is 0 Å². The summed E-state index contributed by atoms with van der Waals surface area (Å²) in [4.78, 5) is 30.0. The number of hydrogen-bond donors (Lipinski definition) is 1. The minimum absolute atomic E-state index is 0.0150. The monoisotopic (exact) mass is 330 g/mol. The number of ether oxygens (including phenoxy) is 1. The fraction of sp³-hybridized carbons (Fsp3) is 0.100. The van der Waals surface area contributed by atoms with Gasteiger partial charge in [0.2, 0.25) is 5.43 Å². The number of fused-ring (bicyclic) bond motifs is 1. The predicted octanol–water partition coefficient (Wildman–Crippen LogP) is 1.31. The Kier molecular flexibility index (Phi) is 2.90. The quantitative estimate of drug-likeness (QED) is 0.632. The second-order valence-corrected chi connectivity index (χ2v) is 4.23. The van der Waals surface area contributed by atoms with Gasteiger partial charge in [0.1, 0.15) is 5.56 Å². The van der Waals surface area contributed by atoms with Crippen LogP contribution in [0.3, 0.4) is 0 Å². The Balaban J connectivity index is 2.81. The molecule has 1 N–H and O–H groups in total. The second kappa shape index (κ2) is 4.20. The number of aromatic amines is 1. The number of pyridine rings is 2. The number of halogens is 1. The Labute approximate surface area is 104 Å². The number of H-pyrrole nitrogens is 1. The number of carbonyl (C=O) groups excluding carboxylic acids is 1. The molecule has 0 aliphatic heterocycles. The molecule has 0 fully saturated rings. The van der Waals surface area contributed by atoms with E-state index in [2.05, 4.69) is 37.3 Å². The first-order valence-electron chi connectivity index (χ1n) is 4.38. The van der Waals surface area contributed by atoms with E-state index in [0.717, 1.165) is 3.57 Å². The van der Waals surface area contributed by atoms with Crippen molar-refractivity contribution in [3.63, 3.8) is 0 Å². The van der Waals surface area contributed by atoms with Crippen LogP contribution in [-0.4, -0.2) is 23.0 Å². The summed E-state index contributed by atoms with van der Waals surface area (Å²) in [6.45, 7) is 0. The summed E-state index contributed by atoms with van der Waals surface area (Å²) in [5.74, 6) is -0.651. The van der Waals surface area contributed by atoms with Crippen LogP contribution in [0.25, 0.3) is 10.9 Å². The molecule has 6 heteroatoms. The average molecular weight is 330 g/mol. The molecule has 82 valence electrons. The van der Waals surface area contributed by atoms with Crippen molar-refractivity contribution in [1.29, 1.82) is 0 Å². The number of esters is 1. The fourth-order valence-electron chi connectivity index (χ4n) is 1.37. The molecule has 0 saturated heterocycles. The summed E-state index contributed by atoms with van der Waals surface area (Å²) in [5, 5.41) is 0.384. The summed E-state index contributed by atoms with van der Waals surface area (Å²) < 4.78 is 5.34. The molecule has 0 aromatic carbocycles. The van der Waals surface area contributed by atoms with Crippen LogP contribution >= 0.6 is 22.6 Å². The first-order chi connectivity index (χ1) is 7.65. The number of nitrogens with zero attached hydrogens (tertiary/aromatic N) is 1. The summed E-state index contributed by atoms with van der Waals surface area (Å²) >= 11 is 2.06. The van der Waals surface area contributed by atoms with Gasteiger partial charge in [-0.25, -0.2) is 4.79 Å². The first-order valence-corrected chi connectivity index (χ1v) is 5.46. The lowest BCUT2D eigenvalue weighted by atomic mass is 10.2. The van der Waals surface area contributed by atoms with Crippen LogP contribution in [0.5, 0.6) is 0 Å². The van der Waals surface area contributed by atoms with E-state index in [4.69, 9.17) is 0 Å². The normalized spacial score (nSPS) is 10.4. The van der Waals surface area contributed by atoms with Crippen molar-refractivity contribution in [2.24, 2.45) is 0 Å². The number of carbonyl (C=O) groups is 1. The molecule has 0 spiro atoms. The van der Waals surface area contributed by atoms with Gasteiger partial charge < -0.3 is 9.72 Å². The van der Waals surface area contributed by atoms with Crippen molar-refractivity contribution in [1.82, 2.24) is 9.97 Å². The van der Waals surface area contributed by atoms with Crippen molar-refractivity contribution in [2.75, 3.05) is 7.11 Å². The zero-order valence-electron chi connectivity index (χ0n) is 8.28. The van der Waals surface area contributed by atoms with E-state index in [1.165, 1.54) is 19.5 Å². The average Bonchev–Trinajstić information content (AvgIpc) is 2.30. The Hall–Kier alpha value is -1.44.